The lowest BCUT2D eigenvalue weighted by Gasteiger charge is -2.19. The third-order valence-electron chi connectivity index (χ3n) is 12.4. The van der Waals surface area contributed by atoms with Crippen molar-refractivity contribution in [2.45, 2.75) is 0 Å². The van der Waals surface area contributed by atoms with Gasteiger partial charge in [0.05, 0.1) is 0 Å². The van der Waals surface area contributed by atoms with Crippen molar-refractivity contribution in [1.82, 2.24) is 0 Å². The highest BCUT2D eigenvalue weighted by molar-refractivity contribution is 6.24. The summed E-state index contributed by atoms with van der Waals surface area (Å²) in [6.45, 7) is 0. The monoisotopic (exact) mass is 736 g/mol. The van der Waals surface area contributed by atoms with Crippen LogP contribution in [0.2, 0.25) is 0 Å². The maximum Gasteiger partial charge on any atom is 0.143 e. The van der Waals surface area contributed by atoms with Gasteiger partial charge in [-0.3, -0.25) is 0 Å². The molecule has 0 aliphatic heterocycles. The molecule has 0 bridgehead atoms. The first-order valence-electron chi connectivity index (χ1n) is 19.9. The van der Waals surface area contributed by atoms with Crippen LogP contribution in [-0.2, 0) is 0 Å². The van der Waals surface area contributed by atoms with Crippen LogP contribution < -0.4 is 0 Å². The molecule has 0 saturated heterocycles. The average molecular weight is 737 g/mol. The van der Waals surface area contributed by atoms with E-state index in [2.05, 4.69) is 182 Å². The Balaban J connectivity index is 0.931. The zero-order chi connectivity index (χ0) is 37.9. The molecule has 0 atom stereocenters. The van der Waals surface area contributed by atoms with Gasteiger partial charge in [0, 0.05) is 26.9 Å². The molecule has 0 unspecified atom stereocenters. The van der Waals surface area contributed by atoms with Gasteiger partial charge in [-0.15, -0.1) is 0 Å². The topological polar surface area (TPSA) is 26.3 Å². The highest BCUT2D eigenvalue weighted by atomic mass is 16.3. The van der Waals surface area contributed by atoms with Gasteiger partial charge < -0.3 is 8.83 Å². The van der Waals surface area contributed by atoms with Crippen molar-refractivity contribution < 1.29 is 8.83 Å². The first kappa shape index (κ1) is 31.5. The van der Waals surface area contributed by atoms with Gasteiger partial charge in [-0.2, -0.15) is 0 Å². The quantitative estimate of drug-likeness (QED) is 0.169. The molecule has 13 rings (SSSR count). The fourth-order valence-electron chi connectivity index (χ4n) is 9.71. The van der Waals surface area contributed by atoms with Crippen LogP contribution in [0.25, 0.3) is 131 Å². The Kier molecular flexibility index (Phi) is 6.47. The highest BCUT2D eigenvalue weighted by Crippen LogP contribution is 2.46. The van der Waals surface area contributed by atoms with E-state index in [1.165, 1.54) is 70.9 Å². The molecule has 0 aliphatic rings. The second kappa shape index (κ2) is 11.9. The third-order valence-corrected chi connectivity index (χ3v) is 12.4. The minimum Gasteiger partial charge on any atom is -0.456 e. The standard InChI is InChI=1S/C56H32O2/c1-2-12-40-33(10-1)11-9-18-42(40)55-45-16-5-3-14-43(45)54(44-15-4-6-17-46(44)55)39-23-22-34-28-35(20-21-36(34)29-39)37-25-27-52-50(30-37)47-26-24-38-31-49-41-13-7-8-19-51(41)57-53(49)32-48(38)56(47)58-52/h1-32H. The number of benzene rings is 11. The summed E-state index contributed by atoms with van der Waals surface area (Å²) in [5.74, 6) is 0. The Hall–Kier alpha value is -7.68. The Morgan fingerprint density at radius 2 is 0.810 bits per heavy atom. The second-order valence-corrected chi connectivity index (χ2v) is 15.6. The minimum absolute atomic E-state index is 0.876. The molecule has 2 heterocycles. The van der Waals surface area contributed by atoms with E-state index < -0.39 is 0 Å². The van der Waals surface area contributed by atoms with Crippen molar-refractivity contribution in [1.29, 1.82) is 0 Å². The Morgan fingerprint density at radius 1 is 0.241 bits per heavy atom. The van der Waals surface area contributed by atoms with Gasteiger partial charge in [0.2, 0.25) is 0 Å². The average Bonchev–Trinajstić information content (AvgIpc) is 3.85. The molecule has 0 aliphatic carbocycles. The maximum absolute atomic E-state index is 6.58. The zero-order valence-corrected chi connectivity index (χ0v) is 31.3. The lowest BCUT2D eigenvalue weighted by atomic mass is 9.84. The Bertz CT molecular complexity index is 3800. The van der Waals surface area contributed by atoms with Gasteiger partial charge in [0.25, 0.3) is 0 Å². The van der Waals surface area contributed by atoms with E-state index in [1.54, 1.807) is 0 Å². The normalized spacial score (nSPS) is 12.1. The molecule has 2 nitrogen and oxygen atoms in total. The molecule has 11 aromatic carbocycles. The van der Waals surface area contributed by atoms with Crippen molar-refractivity contribution in [3.63, 3.8) is 0 Å². The molecule has 58 heavy (non-hydrogen) atoms. The molecule has 0 N–H and O–H groups in total. The molecule has 0 radical (unpaired) electrons. The van der Waals surface area contributed by atoms with E-state index in [1.807, 2.05) is 12.1 Å². The first-order valence-corrected chi connectivity index (χ1v) is 19.9. The van der Waals surface area contributed by atoms with E-state index in [-0.39, 0.29) is 0 Å². The van der Waals surface area contributed by atoms with Gasteiger partial charge in [-0.25, -0.2) is 0 Å². The number of furan rings is 2. The van der Waals surface area contributed by atoms with Crippen molar-refractivity contribution in [2.75, 3.05) is 0 Å². The first-order chi connectivity index (χ1) is 28.7. The Labute approximate surface area is 332 Å². The zero-order valence-electron chi connectivity index (χ0n) is 31.3. The van der Waals surface area contributed by atoms with Crippen molar-refractivity contribution >= 4 is 97.7 Å². The van der Waals surface area contributed by atoms with Crippen LogP contribution >= 0.6 is 0 Å². The van der Waals surface area contributed by atoms with Crippen LogP contribution in [0.3, 0.4) is 0 Å². The van der Waals surface area contributed by atoms with Gasteiger partial charge in [-0.1, -0.05) is 146 Å². The summed E-state index contributed by atoms with van der Waals surface area (Å²) in [7, 11) is 0. The number of hydrogen-bond donors (Lipinski definition) is 0. The maximum atomic E-state index is 6.58. The lowest BCUT2D eigenvalue weighted by molar-refractivity contribution is 0.667. The largest absolute Gasteiger partial charge is 0.456 e. The van der Waals surface area contributed by atoms with Crippen LogP contribution in [-0.4, -0.2) is 0 Å². The van der Waals surface area contributed by atoms with Crippen LogP contribution in [0.5, 0.6) is 0 Å². The van der Waals surface area contributed by atoms with Crippen LogP contribution in [0, 0.1) is 0 Å². The molecule has 13 aromatic rings. The summed E-state index contributed by atoms with van der Waals surface area (Å²) >= 11 is 0. The molecule has 0 fully saturated rings. The number of para-hydroxylation sites is 1. The summed E-state index contributed by atoms with van der Waals surface area (Å²) in [5, 5.41) is 16.7. The summed E-state index contributed by atoms with van der Waals surface area (Å²) < 4.78 is 12.8. The highest BCUT2D eigenvalue weighted by Gasteiger charge is 2.19. The van der Waals surface area contributed by atoms with Crippen molar-refractivity contribution in [3.05, 3.63) is 194 Å². The molecule has 0 saturated carbocycles. The second-order valence-electron chi connectivity index (χ2n) is 15.6. The number of fused-ring (bicyclic) bond motifs is 12. The fourth-order valence-corrected chi connectivity index (χ4v) is 9.71. The van der Waals surface area contributed by atoms with Crippen molar-refractivity contribution in [2.24, 2.45) is 0 Å². The molecule has 2 aromatic heterocycles. The Morgan fingerprint density at radius 3 is 1.60 bits per heavy atom. The van der Waals surface area contributed by atoms with Crippen LogP contribution in [0.15, 0.2) is 203 Å². The molecule has 2 heteroatoms. The van der Waals surface area contributed by atoms with E-state index in [0.29, 0.717) is 0 Å². The number of rotatable bonds is 3. The van der Waals surface area contributed by atoms with E-state index in [4.69, 9.17) is 8.83 Å². The van der Waals surface area contributed by atoms with E-state index in [9.17, 15) is 0 Å². The van der Waals surface area contributed by atoms with Gasteiger partial charge in [0.1, 0.15) is 22.3 Å². The van der Waals surface area contributed by atoms with Gasteiger partial charge in [-0.05, 0) is 130 Å². The van der Waals surface area contributed by atoms with E-state index in [0.717, 1.165) is 60.2 Å². The molecule has 0 amide bonds. The van der Waals surface area contributed by atoms with Gasteiger partial charge >= 0.3 is 0 Å². The van der Waals surface area contributed by atoms with Crippen molar-refractivity contribution in [3.8, 4) is 33.4 Å². The predicted octanol–water partition coefficient (Wildman–Crippen LogP) is 16.3. The SMILES string of the molecule is c1ccc2c(-c3c4ccccc4c(-c4ccc5cc(-c6ccc7oc8c9cc%10oc%11ccccc%11c%10cc9ccc8c7c6)ccc5c4)c4ccccc34)cccc2c1. The smallest absolute Gasteiger partial charge is 0.143 e. The predicted molar refractivity (Wildman–Crippen MR) is 245 cm³/mol. The minimum atomic E-state index is 0.876. The lowest BCUT2D eigenvalue weighted by Crippen LogP contribution is -1.91. The van der Waals surface area contributed by atoms with Crippen LogP contribution in [0.1, 0.15) is 0 Å². The summed E-state index contributed by atoms with van der Waals surface area (Å²) in [5.41, 5.74) is 10.9. The van der Waals surface area contributed by atoms with E-state index >= 15 is 0 Å². The van der Waals surface area contributed by atoms with Gasteiger partial charge in [0.15, 0.2) is 0 Å². The molecule has 268 valence electrons. The molecular formula is C56H32O2. The summed E-state index contributed by atoms with van der Waals surface area (Å²) in [6.07, 6.45) is 0. The summed E-state index contributed by atoms with van der Waals surface area (Å²) in [6, 6.07) is 70.6. The summed E-state index contributed by atoms with van der Waals surface area (Å²) in [4.78, 5) is 0. The molecule has 0 spiro atoms. The fraction of sp³-hybridized carbons (Fsp3) is 0. The third kappa shape index (κ3) is 4.54. The molecular weight excluding hydrogens is 705 g/mol. The van der Waals surface area contributed by atoms with Crippen LogP contribution in [0.4, 0.5) is 0 Å². The number of hydrogen-bond acceptors (Lipinski definition) is 2.